The normalized spacial score (nSPS) is 30.5. The van der Waals surface area contributed by atoms with Crippen LogP contribution in [-0.4, -0.2) is 51.0 Å². The molecule has 2 heterocycles. The zero-order valence-corrected chi connectivity index (χ0v) is 7.38. The Morgan fingerprint density at radius 3 is 2.09 bits per heavy atom. The van der Waals surface area contributed by atoms with E-state index in [0.717, 1.165) is 33.0 Å². The van der Waals surface area contributed by atoms with Crippen LogP contribution in [0.5, 0.6) is 0 Å². The molecular formula is C8H17NO2. The quantitative estimate of drug-likeness (QED) is 0.477. The first-order valence-electron chi connectivity index (χ1n) is 4.16. The van der Waals surface area contributed by atoms with Crippen LogP contribution in [-0.2, 0) is 9.47 Å². The summed E-state index contributed by atoms with van der Waals surface area (Å²) in [6.07, 6.45) is 0. The highest BCUT2D eigenvalue weighted by Crippen LogP contribution is 2.00. The Bertz CT molecular complexity index is 93.5. The van der Waals surface area contributed by atoms with E-state index in [-0.39, 0.29) is 0 Å². The minimum absolute atomic E-state index is 0.615. The van der Waals surface area contributed by atoms with Crippen molar-refractivity contribution in [2.75, 3.05) is 40.0 Å². The maximum absolute atomic E-state index is 5.21. The van der Waals surface area contributed by atoms with Gasteiger partial charge in [0.05, 0.1) is 26.4 Å². The van der Waals surface area contributed by atoms with Crippen LogP contribution in [0.4, 0.5) is 0 Å². The van der Waals surface area contributed by atoms with Crippen LogP contribution in [0.2, 0.25) is 0 Å². The van der Waals surface area contributed by atoms with Gasteiger partial charge in [-0.1, -0.05) is 0 Å². The molecule has 0 amide bonds. The number of likely N-dealkylation sites (N-methyl/N-ethyl adjacent to an activating group) is 1. The molecule has 0 N–H and O–H groups in total. The molecule has 0 aliphatic carbocycles. The van der Waals surface area contributed by atoms with Crippen LogP contribution in [0.15, 0.2) is 0 Å². The van der Waals surface area contributed by atoms with E-state index in [9.17, 15) is 0 Å². The van der Waals surface area contributed by atoms with Crippen molar-refractivity contribution in [3.8, 4) is 0 Å². The van der Waals surface area contributed by atoms with Crippen molar-refractivity contribution in [2.24, 2.45) is 0 Å². The van der Waals surface area contributed by atoms with Gasteiger partial charge in [0, 0.05) is 12.6 Å². The van der Waals surface area contributed by atoms with Gasteiger partial charge in [0.15, 0.2) is 0 Å². The molecule has 0 radical (unpaired) electrons. The Balaban J connectivity index is 0.000000167. The summed E-state index contributed by atoms with van der Waals surface area (Å²) in [6, 6.07) is 0.615. The number of hydrogen-bond donors (Lipinski definition) is 0. The fraction of sp³-hybridized carbons (Fsp3) is 1.00. The Labute approximate surface area is 68.3 Å². The second kappa shape index (κ2) is 4.70. The summed E-state index contributed by atoms with van der Waals surface area (Å²) in [4.78, 5) is 2.31. The van der Waals surface area contributed by atoms with E-state index in [0.29, 0.717) is 6.04 Å². The van der Waals surface area contributed by atoms with Crippen LogP contribution < -0.4 is 0 Å². The first-order valence-corrected chi connectivity index (χ1v) is 4.16. The summed E-state index contributed by atoms with van der Waals surface area (Å²) < 4.78 is 9.71. The molecular weight excluding hydrogens is 142 g/mol. The molecule has 0 bridgehead atoms. The molecule has 2 aliphatic heterocycles. The van der Waals surface area contributed by atoms with Gasteiger partial charge in [0.1, 0.15) is 0 Å². The zero-order valence-electron chi connectivity index (χ0n) is 7.38. The molecule has 1 atom stereocenters. The van der Waals surface area contributed by atoms with Crippen molar-refractivity contribution < 1.29 is 9.47 Å². The molecule has 11 heavy (non-hydrogen) atoms. The summed E-state index contributed by atoms with van der Waals surface area (Å²) in [5, 5.41) is 0. The highest BCUT2D eigenvalue weighted by Gasteiger charge is 2.12. The van der Waals surface area contributed by atoms with Gasteiger partial charge in [-0.2, -0.15) is 0 Å². The van der Waals surface area contributed by atoms with Gasteiger partial charge in [-0.3, -0.25) is 4.90 Å². The van der Waals surface area contributed by atoms with Gasteiger partial charge < -0.3 is 9.47 Å². The van der Waals surface area contributed by atoms with Crippen molar-refractivity contribution in [1.82, 2.24) is 4.90 Å². The zero-order chi connectivity index (χ0) is 8.10. The Hall–Kier alpha value is -0.120. The number of morpholine rings is 1. The van der Waals surface area contributed by atoms with Gasteiger partial charge in [0.25, 0.3) is 0 Å². The fourth-order valence-corrected chi connectivity index (χ4v) is 0.810. The van der Waals surface area contributed by atoms with Gasteiger partial charge in [-0.25, -0.2) is 0 Å². The van der Waals surface area contributed by atoms with E-state index < -0.39 is 0 Å². The minimum atomic E-state index is 0.615. The van der Waals surface area contributed by atoms with E-state index in [1.54, 1.807) is 0 Å². The molecule has 3 nitrogen and oxygen atoms in total. The third-order valence-electron chi connectivity index (χ3n) is 1.90. The van der Waals surface area contributed by atoms with Gasteiger partial charge in [-0.15, -0.1) is 0 Å². The van der Waals surface area contributed by atoms with Crippen molar-refractivity contribution in [3.05, 3.63) is 0 Å². The minimum Gasteiger partial charge on any atom is -0.379 e. The lowest BCUT2D eigenvalue weighted by atomic mass is 10.3. The number of nitrogens with zero attached hydrogens (tertiary/aromatic N) is 1. The maximum Gasteiger partial charge on any atom is 0.0701 e. The molecule has 0 spiro atoms. The molecule has 0 saturated carbocycles. The van der Waals surface area contributed by atoms with Crippen LogP contribution in [0.25, 0.3) is 0 Å². The average Bonchev–Trinajstić information content (AvgIpc) is 2.80. The van der Waals surface area contributed by atoms with Crippen molar-refractivity contribution in [3.63, 3.8) is 0 Å². The molecule has 1 unspecified atom stereocenters. The molecule has 0 aromatic rings. The number of rotatable bonds is 0. The molecule has 2 aliphatic rings. The van der Waals surface area contributed by atoms with E-state index >= 15 is 0 Å². The van der Waals surface area contributed by atoms with E-state index in [2.05, 4.69) is 23.6 Å². The Morgan fingerprint density at radius 2 is 1.82 bits per heavy atom. The SMILES string of the molecule is C1CO1.CC1COCCN1C. The molecule has 0 aromatic heterocycles. The van der Waals surface area contributed by atoms with Crippen molar-refractivity contribution in [2.45, 2.75) is 13.0 Å². The summed E-state index contributed by atoms with van der Waals surface area (Å²) >= 11 is 0. The largest absolute Gasteiger partial charge is 0.379 e. The topological polar surface area (TPSA) is 25.0 Å². The summed E-state index contributed by atoms with van der Waals surface area (Å²) in [5.41, 5.74) is 0. The molecule has 2 rings (SSSR count). The van der Waals surface area contributed by atoms with E-state index in [4.69, 9.17) is 4.74 Å². The van der Waals surface area contributed by atoms with Gasteiger partial charge in [0.2, 0.25) is 0 Å². The molecule has 2 saturated heterocycles. The summed E-state index contributed by atoms with van der Waals surface area (Å²) in [6.45, 7) is 7.07. The van der Waals surface area contributed by atoms with Crippen molar-refractivity contribution >= 4 is 0 Å². The lowest BCUT2D eigenvalue weighted by Crippen LogP contribution is -2.40. The first-order chi connectivity index (χ1) is 5.30. The Kier molecular flexibility index (Phi) is 3.83. The van der Waals surface area contributed by atoms with Gasteiger partial charge in [-0.05, 0) is 14.0 Å². The molecule has 2 fully saturated rings. The highest BCUT2D eigenvalue weighted by molar-refractivity contribution is 4.65. The second-order valence-electron chi connectivity index (χ2n) is 3.02. The standard InChI is InChI=1S/C6H13NO.C2H4O/c1-6-5-8-4-3-7(6)2;1-2-3-1/h6H,3-5H2,1-2H3;1-2H2. The third-order valence-corrected chi connectivity index (χ3v) is 1.90. The summed E-state index contributed by atoms with van der Waals surface area (Å²) in [7, 11) is 2.13. The molecule has 3 heteroatoms. The second-order valence-corrected chi connectivity index (χ2v) is 3.02. The predicted octanol–water partition coefficient (Wildman–Crippen LogP) is 0.353. The summed E-state index contributed by atoms with van der Waals surface area (Å²) in [5.74, 6) is 0. The van der Waals surface area contributed by atoms with Crippen LogP contribution in [0.1, 0.15) is 6.92 Å². The lowest BCUT2D eigenvalue weighted by molar-refractivity contribution is 0.0131. The molecule has 66 valence electrons. The predicted molar refractivity (Wildman–Crippen MR) is 43.7 cm³/mol. The Morgan fingerprint density at radius 1 is 1.18 bits per heavy atom. The monoisotopic (exact) mass is 159 g/mol. The number of epoxide rings is 1. The maximum atomic E-state index is 5.21. The number of ether oxygens (including phenoxy) is 2. The number of hydrogen-bond acceptors (Lipinski definition) is 3. The first kappa shape index (κ1) is 8.97. The fourth-order valence-electron chi connectivity index (χ4n) is 0.810. The lowest BCUT2D eigenvalue weighted by Gasteiger charge is -2.29. The van der Waals surface area contributed by atoms with Gasteiger partial charge >= 0.3 is 0 Å². The van der Waals surface area contributed by atoms with Crippen LogP contribution in [0.3, 0.4) is 0 Å². The highest BCUT2D eigenvalue weighted by atomic mass is 16.6. The van der Waals surface area contributed by atoms with E-state index in [1.165, 1.54) is 0 Å². The molecule has 0 aromatic carbocycles. The van der Waals surface area contributed by atoms with Crippen molar-refractivity contribution in [1.29, 1.82) is 0 Å². The average molecular weight is 159 g/mol. The van der Waals surface area contributed by atoms with Crippen LogP contribution >= 0.6 is 0 Å². The third kappa shape index (κ3) is 4.35. The van der Waals surface area contributed by atoms with Crippen LogP contribution in [0, 0.1) is 0 Å². The van der Waals surface area contributed by atoms with E-state index in [1.807, 2.05) is 0 Å². The smallest absolute Gasteiger partial charge is 0.0701 e.